The summed E-state index contributed by atoms with van der Waals surface area (Å²) in [6, 6.07) is 3.54. The smallest absolute Gasteiger partial charge is 0.133 e. The Balaban J connectivity index is 2.44. The van der Waals surface area contributed by atoms with Gasteiger partial charge in [-0.3, -0.25) is 4.98 Å². The molecular formula is C12H20N2O. The van der Waals surface area contributed by atoms with Crippen LogP contribution in [0.1, 0.15) is 26.0 Å². The quantitative estimate of drug-likeness (QED) is 0.806. The molecule has 0 aromatic carbocycles. The molecule has 0 aliphatic rings. The molecule has 1 unspecified atom stereocenters. The van der Waals surface area contributed by atoms with Gasteiger partial charge in [0.05, 0.1) is 11.9 Å². The zero-order valence-electron chi connectivity index (χ0n) is 9.77. The van der Waals surface area contributed by atoms with Gasteiger partial charge in [0.2, 0.25) is 0 Å². The van der Waals surface area contributed by atoms with Crippen LogP contribution in [-0.2, 0) is 6.54 Å². The first-order valence-corrected chi connectivity index (χ1v) is 5.44. The monoisotopic (exact) mass is 208 g/mol. The van der Waals surface area contributed by atoms with Crippen LogP contribution >= 0.6 is 0 Å². The van der Waals surface area contributed by atoms with Crippen LogP contribution < -0.4 is 0 Å². The zero-order valence-corrected chi connectivity index (χ0v) is 9.77. The number of hydrogen-bond acceptors (Lipinski definition) is 3. The number of nitrogens with zero attached hydrogens (tertiary/aromatic N) is 2. The molecule has 0 spiro atoms. The second-order valence-corrected chi connectivity index (χ2v) is 4.22. The van der Waals surface area contributed by atoms with E-state index < -0.39 is 0 Å². The molecular weight excluding hydrogens is 188 g/mol. The van der Waals surface area contributed by atoms with Gasteiger partial charge in [-0.25, -0.2) is 0 Å². The molecule has 0 bridgehead atoms. The highest BCUT2D eigenvalue weighted by atomic mass is 16.3. The van der Waals surface area contributed by atoms with Gasteiger partial charge in [0, 0.05) is 13.1 Å². The average molecular weight is 208 g/mol. The molecule has 3 nitrogen and oxygen atoms in total. The van der Waals surface area contributed by atoms with Gasteiger partial charge in [0.1, 0.15) is 5.75 Å². The minimum atomic E-state index is 0.225. The third-order valence-electron chi connectivity index (χ3n) is 2.56. The number of hydrogen-bond donors (Lipinski definition) is 1. The van der Waals surface area contributed by atoms with Gasteiger partial charge in [-0.15, -0.1) is 0 Å². The molecule has 0 fully saturated rings. The summed E-state index contributed by atoms with van der Waals surface area (Å²) in [5, 5.41) is 9.10. The van der Waals surface area contributed by atoms with Crippen molar-refractivity contribution in [1.29, 1.82) is 0 Å². The lowest BCUT2D eigenvalue weighted by atomic mass is 10.1. The molecule has 0 aliphatic carbocycles. The molecule has 0 saturated carbocycles. The molecule has 1 heterocycles. The SMILES string of the molecule is CCC(C)CN(C)Cc1ccc(O)cn1. The largest absolute Gasteiger partial charge is 0.506 e. The number of rotatable bonds is 5. The summed E-state index contributed by atoms with van der Waals surface area (Å²) in [6.07, 6.45) is 2.69. The highest BCUT2D eigenvalue weighted by molar-refractivity contribution is 5.17. The summed E-state index contributed by atoms with van der Waals surface area (Å²) in [6.45, 7) is 6.38. The van der Waals surface area contributed by atoms with Crippen LogP contribution in [-0.4, -0.2) is 28.6 Å². The van der Waals surface area contributed by atoms with Crippen LogP contribution in [0.25, 0.3) is 0 Å². The predicted octanol–water partition coefficient (Wildman–Crippen LogP) is 2.27. The van der Waals surface area contributed by atoms with Crippen LogP contribution in [0.2, 0.25) is 0 Å². The lowest BCUT2D eigenvalue weighted by Gasteiger charge is -2.19. The normalized spacial score (nSPS) is 13.1. The number of pyridine rings is 1. The van der Waals surface area contributed by atoms with Crippen molar-refractivity contribution in [3.63, 3.8) is 0 Å². The maximum atomic E-state index is 9.10. The highest BCUT2D eigenvalue weighted by Crippen LogP contribution is 2.09. The first kappa shape index (κ1) is 12.0. The lowest BCUT2D eigenvalue weighted by Crippen LogP contribution is -2.24. The molecule has 1 aromatic rings. The molecule has 0 saturated heterocycles. The predicted molar refractivity (Wildman–Crippen MR) is 61.7 cm³/mol. The minimum Gasteiger partial charge on any atom is -0.506 e. The summed E-state index contributed by atoms with van der Waals surface area (Å²) < 4.78 is 0. The van der Waals surface area contributed by atoms with E-state index in [0.717, 1.165) is 18.8 Å². The van der Waals surface area contributed by atoms with Gasteiger partial charge in [-0.1, -0.05) is 20.3 Å². The molecule has 1 atom stereocenters. The first-order valence-electron chi connectivity index (χ1n) is 5.44. The molecule has 3 heteroatoms. The summed E-state index contributed by atoms with van der Waals surface area (Å²) in [5.41, 5.74) is 0.999. The topological polar surface area (TPSA) is 36.4 Å². The van der Waals surface area contributed by atoms with Crippen molar-refractivity contribution >= 4 is 0 Å². The maximum absolute atomic E-state index is 9.10. The lowest BCUT2D eigenvalue weighted by molar-refractivity contribution is 0.272. The Morgan fingerprint density at radius 1 is 1.47 bits per heavy atom. The van der Waals surface area contributed by atoms with Gasteiger partial charge >= 0.3 is 0 Å². The van der Waals surface area contributed by atoms with E-state index in [0.29, 0.717) is 5.92 Å². The Bertz CT molecular complexity index is 284. The van der Waals surface area contributed by atoms with E-state index in [1.54, 1.807) is 6.07 Å². The summed E-state index contributed by atoms with van der Waals surface area (Å²) in [7, 11) is 2.10. The fourth-order valence-corrected chi connectivity index (χ4v) is 1.51. The third-order valence-corrected chi connectivity index (χ3v) is 2.56. The Kier molecular flexibility index (Phi) is 4.56. The van der Waals surface area contributed by atoms with Crippen molar-refractivity contribution in [2.75, 3.05) is 13.6 Å². The van der Waals surface area contributed by atoms with Crippen LogP contribution in [0.5, 0.6) is 5.75 Å². The standard InChI is InChI=1S/C12H20N2O/c1-4-10(2)8-14(3)9-11-5-6-12(15)7-13-11/h5-7,10,15H,4,8-9H2,1-3H3. The zero-order chi connectivity index (χ0) is 11.3. The van der Waals surface area contributed by atoms with Gasteiger partial charge in [0.15, 0.2) is 0 Å². The van der Waals surface area contributed by atoms with Gasteiger partial charge < -0.3 is 10.0 Å². The van der Waals surface area contributed by atoms with E-state index >= 15 is 0 Å². The number of aromatic nitrogens is 1. The Morgan fingerprint density at radius 3 is 2.73 bits per heavy atom. The molecule has 0 radical (unpaired) electrons. The fraction of sp³-hybridized carbons (Fsp3) is 0.583. The van der Waals surface area contributed by atoms with Crippen LogP contribution in [0.4, 0.5) is 0 Å². The van der Waals surface area contributed by atoms with E-state index in [1.165, 1.54) is 12.6 Å². The van der Waals surface area contributed by atoms with Crippen molar-refractivity contribution < 1.29 is 5.11 Å². The molecule has 84 valence electrons. The maximum Gasteiger partial charge on any atom is 0.133 e. The first-order chi connectivity index (χ1) is 7.11. The molecule has 1 rings (SSSR count). The molecule has 1 aromatic heterocycles. The van der Waals surface area contributed by atoms with Crippen molar-refractivity contribution in [2.45, 2.75) is 26.8 Å². The fourth-order valence-electron chi connectivity index (χ4n) is 1.51. The molecule has 1 N–H and O–H groups in total. The van der Waals surface area contributed by atoms with Crippen molar-refractivity contribution in [2.24, 2.45) is 5.92 Å². The van der Waals surface area contributed by atoms with Gasteiger partial charge in [0.25, 0.3) is 0 Å². The van der Waals surface area contributed by atoms with Crippen molar-refractivity contribution in [3.8, 4) is 5.75 Å². The Morgan fingerprint density at radius 2 is 2.20 bits per heavy atom. The second-order valence-electron chi connectivity index (χ2n) is 4.22. The van der Waals surface area contributed by atoms with Crippen LogP contribution in [0.3, 0.4) is 0 Å². The Labute approximate surface area is 91.8 Å². The molecule has 0 aliphatic heterocycles. The van der Waals surface area contributed by atoms with Crippen molar-refractivity contribution in [3.05, 3.63) is 24.0 Å². The van der Waals surface area contributed by atoms with E-state index in [-0.39, 0.29) is 5.75 Å². The second kappa shape index (κ2) is 5.71. The van der Waals surface area contributed by atoms with E-state index in [2.05, 4.69) is 30.8 Å². The van der Waals surface area contributed by atoms with Crippen LogP contribution in [0.15, 0.2) is 18.3 Å². The van der Waals surface area contributed by atoms with Gasteiger partial charge in [-0.05, 0) is 25.1 Å². The highest BCUT2D eigenvalue weighted by Gasteiger charge is 2.05. The van der Waals surface area contributed by atoms with E-state index in [4.69, 9.17) is 5.11 Å². The third kappa shape index (κ3) is 4.30. The minimum absolute atomic E-state index is 0.225. The summed E-state index contributed by atoms with van der Waals surface area (Å²) in [4.78, 5) is 6.42. The summed E-state index contributed by atoms with van der Waals surface area (Å²) in [5.74, 6) is 0.940. The molecule has 15 heavy (non-hydrogen) atoms. The van der Waals surface area contributed by atoms with E-state index in [9.17, 15) is 0 Å². The van der Waals surface area contributed by atoms with Gasteiger partial charge in [-0.2, -0.15) is 0 Å². The van der Waals surface area contributed by atoms with Crippen LogP contribution in [0, 0.1) is 5.92 Å². The van der Waals surface area contributed by atoms with Crippen molar-refractivity contribution in [1.82, 2.24) is 9.88 Å². The molecule has 0 amide bonds. The van der Waals surface area contributed by atoms with E-state index in [1.807, 2.05) is 6.07 Å². The average Bonchev–Trinajstić information content (AvgIpc) is 2.21. The summed E-state index contributed by atoms with van der Waals surface area (Å²) >= 11 is 0. The number of aromatic hydroxyl groups is 1. The Hall–Kier alpha value is -1.09.